The molecule has 3 rings (SSSR count). The predicted octanol–water partition coefficient (Wildman–Crippen LogP) is 4.62. The number of nitrogens with zero attached hydrogens (tertiary/aromatic N) is 1. The molecule has 0 radical (unpaired) electrons. The highest BCUT2D eigenvalue weighted by molar-refractivity contribution is 7.10. The van der Waals surface area contributed by atoms with E-state index in [1.165, 1.54) is 17.1 Å². The van der Waals surface area contributed by atoms with Gasteiger partial charge in [-0.3, -0.25) is 4.79 Å². The first-order valence-corrected chi connectivity index (χ1v) is 8.52. The van der Waals surface area contributed by atoms with E-state index >= 15 is 0 Å². The number of aryl methyl sites for hydroxylation is 2. The third-order valence-electron chi connectivity index (χ3n) is 3.71. The molecule has 24 heavy (non-hydrogen) atoms. The molecule has 0 unspecified atom stereocenters. The Hall–Kier alpha value is -2.66. The van der Waals surface area contributed by atoms with Crippen LogP contribution in [-0.4, -0.2) is 10.3 Å². The van der Waals surface area contributed by atoms with Crippen LogP contribution in [0.5, 0.6) is 0 Å². The van der Waals surface area contributed by atoms with Gasteiger partial charge in [0.05, 0.1) is 5.69 Å². The number of hydrogen-bond acceptors (Lipinski definition) is 4. The van der Waals surface area contributed by atoms with Crippen molar-refractivity contribution >= 4 is 28.1 Å². The fourth-order valence-corrected chi connectivity index (χ4v) is 3.01. The van der Waals surface area contributed by atoms with Crippen LogP contribution in [0.4, 0.5) is 10.7 Å². The van der Waals surface area contributed by atoms with Crippen molar-refractivity contribution in [1.29, 1.82) is 0 Å². The van der Waals surface area contributed by atoms with Gasteiger partial charge in [-0.15, -0.1) is 0 Å². The number of carbonyl (C=O) groups excluding carboxylic acids is 1. The first-order chi connectivity index (χ1) is 11.6. The van der Waals surface area contributed by atoms with Gasteiger partial charge < -0.3 is 10.6 Å². The molecule has 122 valence electrons. The minimum absolute atomic E-state index is 0.114. The van der Waals surface area contributed by atoms with Crippen molar-refractivity contribution in [3.63, 3.8) is 0 Å². The van der Waals surface area contributed by atoms with E-state index in [9.17, 15) is 4.79 Å². The summed E-state index contributed by atoms with van der Waals surface area (Å²) in [5.41, 5.74) is 5.02. The molecule has 3 aromatic rings. The normalized spacial score (nSPS) is 10.4. The summed E-state index contributed by atoms with van der Waals surface area (Å²) in [7, 11) is 0. The van der Waals surface area contributed by atoms with Gasteiger partial charge in [0.2, 0.25) is 0 Å². The van der Waals surface area contributed by atoms with E-state index in [0.717, 1.165) is 28.5 Å². The van der Waals surface area contributed by atoms with Crippen molar-refractivity contribution in [2.45, 2.75) is 20.4 Å². The van der Waals surface area contributed by atoms with Crippen molar-refractivity contribution in [2.24, 2.45) is 0 Å². The van der Waals surface area contributed by atoms with Crippen molar-refractivity contribution in [3.8, 4) is 0 Å². The van der Waals surface area contributed by atoms with E-state index in [-0.39, 0.29) is 5.91 Å². The number of nitrogens with one attached hydrogen (secondary N) is 2. The first-order valence-electron chi connectivity index (χ1n) is 7.75. The van der Waals surface area contributed by atoms with Gasteiger partial charge in [-0.1, -0.05) is 30.3 Å². The maximum absolute atomic E-state index is 12.2. The molecular formula is C19H19N3OS. The molecule has 0 aliphatic rings. The Kier molecular flexibility index (Phi) is 4.91. The highest BCUT2D eigenvalue weighted by atomic mass is 32.1. The Bertz CT molecular complexity index is 840. The number of amides is 1. The van der Waals surface area contributed by atoms with Gasteiger partial charge in [-0.25, -0.2) is 0 Å². The summed E-state index contributed by atoms with van der Waals surface area (Å²) >= 11 is 1.29. The molecule has 0 saturated heterocycles. The minimum Gasteiger partial charge on any atom is -0.381 e. The summed E-state index contributed by atoms with van der Waals surface area (Å²) in [6.07, 6.45) is 0. The van der Waals surface area contributed by atoms with Gasteiger partial charge in [0, 0.05) is 17.8 Å². The van der Waals surface area contributed by atoms with Gasteiger partial charge >= 0.3 is 0 Å². The fourth-order valence-electron chi connectivity index (χ4n) is 2.35. The Labute approximate surface area is 145 Å². The molecule has 1 aromatic heterocycles. The molecule has 0 atom stereocenters. The SMILES string of the molecule is Cc1cc(NC(=O)c2ccc(CNc3ccccc3C)cc2)sn1. The Morgan fingerprint density at radius 2 is 1.83 bits per heavy atom. The maximum atomic E-state index is 12.2. The number of benzene rings is 2. The Balaban J connectivity index is 1.60. The molecule has 1 amide bonds. The molecule has 0 aliphatic carbocycles. The van der Waals surface area contributed by atoms with E-state index in [0.29, 0.717) is 5.56 Å². The van der Waals surface area contributed by atoms with Crippen LogP contribution in [0.2, 0.25) is 0 Å². The van der Waals surface area contributed by atoms with Gasteiger partial charge in [0.15, 0.2) is 0 Å². The summed E-state index contributed by atoms with van der Waals surface area (Å²) in [5, 5.41) is 7.05. The zero-order valence-electron chi connectivity index (χ0n) is 13.7. The molecule has 2 N–H and O–H groups in total. The summed E-state index contributed by atoms with van der Waals surface area (Å²) in [5.74, 6) is -0.114. The molecule has 0 aliphatic heterocycles. The topological polar surface area (TPSA) is 54.0 Å². The van der Waals surface area contributed by atoms with Gasteiger partial charge in [-0.2, -0.15) is 4.37 Å². The summed E-state index contributed by atoms with van der Waals surface area (Å²) in [4.78, 5) is 12.2. The average molecular weight is 337 g/mol. The fraction of sp³-hybridized carbons (Fsp3) is 0.158. The summed E-state index contributed by atoms with van der Waals surface area (Å²) in [6, 6.07) is 17.7. The highest BCUT2D eigenvalue weighted by Crippen LogP contribution is 2.18. The lowest BCUT2D eigenvalue weighted by Gasteiger charge is -2.10. The smallest absolute Gasteiger partial charge is 0.256 e. The van der Waals surface area contributed by atoms with E-state index < -0.39 is 0 Å². The van der Waals surface area contributed by atoms with Gasteiger partial charge in [-0.05, 0) is 60.8 Å². The lowest BCUT2D eigenvalue weighted by Crippen LogP contribution is -2.11. The molecule has 0 bridgehead atoms. The van der Waals surface area contributed by atoms with E-state index in [4.69, 9.17) is 0 Å². The quantitative estimate of drug-likeness (QED) is 0.714. The Morgan fingerprint density at radius 1 is 1.08 bits per heavy atom. The second kappa shape index (κ2) is 7.27. The number of carbonyl (C=O) groups is 1. The van der Waals surface area contributed by atoms with Crippen molar-refractivity contribution in [1.82, 2.24) is 4.37 Å². The van der Waals surface area contributed by atoms with Crippen LogP contribution < -0.4 is 10.6 Å². The van der Waals surface area contributed by atoms with Crippen LogP contribution in [0.1, 0.15) is 27.2 Å². The zero-order chi connectivity index (χ0) is 16.9. The van der Waals surface area contributed by atoms with Crippen LogP contribution in [-0.2, 0) is 6.54 Å². The number of rotatable bonds is 5. The molecule has 2 aromatic carbocycles. The second-order valence-corrected chi connectivity index (χ2v) is 6.46. The summed E-state index contributed by atoms with van der Waals surface area (Å²) in [6.45, 7) is 4.71. The molecular weight excluding hydrogens is 318 g/mol. The molecule has 5 heteroatoms. The summed E-state index contributed by atoms with van der Waals surface area (Å²) < 4.78 is 4.16. The molecule has 0 spiro atoms. The molecule has 1 heterocycles. The molecule has 0 fully saturated rings. The van der Waals surface area contributed by atoms with Crippen LogP contribution in [0, 0.1) is 13.8 Å². The lowest BCUT2D eigenvalue weighted by atomic mass is 10.1. The number of aromatic nitrogens is 1. The van der Waals surface area contributed by atoms with Crippen molar-refractivity contribution in [3.05, 3.63) is 77.0 Å². The first kappa shape index (κ1) is 16.2. The van der Waals surface area contributed by atoms with Gasteiger partial charge in [0.25, 0.3) is 5.91 Å². The van der Waals surface area contributed by atoms with E-state index in [1.807, 2.05) is 49.4 Å². The van der Waals surface area contributed by atoms with Crippen LogP contribution in [0.25, 0.3) is 0 Å². The largest absolute Gasteiger partial charge is 0.381 e. The number of hydrogen-bond donors (Lipinski definition) is 2. The van der Waals surface area contributed by atoms with Gasteiger partial charge in [0.1, 0.15) is 5.00 Å². The minimum atomic E-state index is -0.114. The van der Waals surface area contributed by atoms with Crippen molar-refractivity contribution < 1.29 is 4.79 Å². The monoisotopic (exact) mass is 337 g/mol. The third kappa shape index (κ3) is 4.00. The Morgan fingerprint density at radius 3 is 2.50 bits per heavy atom. The molecule has 0 saturated carbocycles. The van der Waals surface area contributed by atoms with Crippen LogP contribution in [0.15, 0.2) is 54.6 Å². The standard InChI is InChI=1S/C19H19N3OS/c1-13-5-3-4-6-17(13)20-12-15-7-9-16(10-8-15)19(23)21-18-11-14(2)22-24-18/h3-11,20H,12H2,1-2H3,(H,21,23). The van der Waals surface area contributed by atoms with E-state index in [1.54, 1.807) is 0 Å². The zero-order valence-corrected chi connectivity index (χ0v) is 14.5. The van der Waals surface area contributed by atoms with Crippen LogP contribution >= 0.6 is 11.5 Å². The highest BCUT2D eigenvalue weighted by Gasteiger charge is 2.08. The predicted molar refractivity (Wildman–Crippen MR) is 99.8 cm³/mol. The molecule has 4 nitrogen and oxygen atoms in total. The maximum Gasteiger partial charge on any atom is 0.256 e. The van der Waals surface area contributed by atoms with Crippen molar-refractivity contribution in [2.75, 3.05) is 10.6 Å². The van der Waals surface area contributed by atoms with Crippen LogP contribution in [0.3, 0.4) is 0 Å². The number of anilines is 2. The second-order valence-electron chi connectivity index (χ2n) is 5.65. The van der Waals surface area contributed by atoms with E-state index in [2.05, 4.69) is 34.1 Å². The average Bonchev–Trinajstić information content (AvgIpc) is 2.99. The lowest BCUT2D eigenvalue weighted by molar-refractivity contribution is 0.102. The number of para-hydroxylation sites is 1. The third-order valence-corrected chi connectivity index (χ3v) is 4.50.